The summed E-state index contributed by atoms with van der Waals surface area (Å²) in [5.74, 6) is 0.603. The van der Waals surface area contributed by atoms with Crippen LogP contribution in [0.4, 0.5) is 8.78 Å². The second-order valence-corrected chi connectivity index (χ2v) is 4.53. The first-order valence-electron chi connectivity index (χ1n) is 6.20. The van der Waals surface area contributed by atoms with Gasteiger partial charge < -0.3 is 9.84 Å². The Morgan fingerprint density at radius 2 is 2.15 bits per heavy atom. The fraction of sp³-hybridized carbons (Fsp3) is 0.357. The van der Waals surface area contributed by atoms with Gasteiger partial charge in [-0.25, -0.2) is 4.98 Å². The third-order valence-corrected chi connectivity index (χ3v) is 2.93. The summed E-state index contributed by atoms with van der Waals surface area (Å²) in [5.41, 5.74) is 1.61. The topological polar surface area (TPSA) is 47.3 Å². The van der Waals surface area contributed by atoms with E-state index in [1.54, 1.807) is 19.1 Å². The predicted molar refractivity (Wildman–Crippen MR) is 69.6 cm³/mol. The molecule has 4 nitrogen and oxygen atoms in total. The largest absolute Gasteiger partial charge is 0.485 e. The van der Waals surface area contributed by atoms with Crippen molar-refractivity contribution >= 4 is 0 Å². The van der Waals surface area contributed by atoms with Gasteiger partial charge in [-0.15, -0.1) is 0 Å². The molecule has 20 heavy (non-hydrogen) atoms. The van der Waals surface area contributed by atoms with Crippen LogP contribution in [-0.4, -0.2) is 14.7 Å². The smallest absolute Gasteiger partial charge is 0.320 e. The number of nitrogens with zero attached hydrogens (tertiary/aromatic N) is 2. The predicted octanol–water partition coefficient (Wildman–Crippen LogP) is 3.22. The minimum Gasteiger partial charge on any atom is -0.485 e. The van der Waals surface area contributed by atoms with Crippen molar-refractivity contribution in [2.24, 2.45) is 0 Å². The molecular weight excluding hydrogens is 266 g/mol. The van der Waals surface area contributed by atoms with E-state index in [9.17, 15) is 13.9 Å². The molecule has 2 rings (SSSR count). The molecule has 0 saturated heterocycles. The Morgan fingerprint density at radius 1 is 1.40 bits per heavy atom. The highest BCUT2D eigenvalue weighted by Gasteiger charge is 2.14. The molecule has 0 aliphatic heterocycles. The highest BCUT2D eigenvalue weighted by molar-refractivity contribution is 5.38. The van der Waals surface area contributed by atoms with Gasteiger partial charge in [-0.3, -0.25) is 4.57 Å². The summed E-state index contributed by atoms with van der Waals surface area (Å²) in [5, 5.41) is 9.71. The van der Waals surface area contributed by atoms with Gasteiger partial charge in [0.25, 0.3) is 0 Å². The van der Waals surface area contributed by atoms with E-state index in [0.29, 0.717) is 11.3 Å². The van der Waals surface area contributed by atoms with Crippen LogP contribution in [0, 0.1) is 6.92 Å². The van der Waals surface area contributed by atoms with Crippen molar-refractivity contribution in [3.8, 4) is 5.75 Å². The molecular formula is C14H16F2N2O2. The van der Waals surface area contributed by atoms with E-state index < -0.39 is 12.7 Å². The standard InChI is InChI=1S/C14H16F2N2O2/c1-9-3-4-12(11(7-9)10(2)19)20-8-13-17-5-6-18(13)14(15)16/h3-7,10,14,19H,8H2,1-2H3/t10-/m0/s1. The van der Waals surface area contributed by atoms with Gasteiger partial charge in [0.05, 0.1) is 6.10 Å². The molecule has 6 heteroatoms. The average molecular weight is 282 g/mol. The first-order chi connectivity index (χ1) is 9.49. The number of hydrogen-bond donors (Lipinski definition) is 1. The van der Waals surface area contributed by atoms with Crippen molar-refractivity contribution in [1.29, 1.82) is 0 Å². The normalized spacial score (nSPS) is 12.7. The summed E-state index contributed by atoms with van der Waals surface area (Å²) in [6.45, 7) is 0.798. The molecule has 0 amide bonds. The van der Waals surface area contributed by atoms with Crippen LogP contribution in [0.15, 0.2) is 30.6 Å². The van der Waals surface area contributed by atoms with Crippen LogP contribution in [0.3, 0.4) is 0 Å². The maximum atomic E-state index is 12.7. The summed E-state index contributed by atoms with van der Waals surface area (Å²) in [4.78, 5) is 3.84. The second-order valence-electron chi connectivity index (χ2n) is 4.53. The molecule has 1 aromatic heterocycles. The zero-order valence-corrected chi connectivity index (χ0v) is 11.3. The molecule has 1 heterocycles. The zero-order valence-electron chi connectivity index (χ0n) is 11.3. The number of alkyl halides is 2. The van der Waals surface area contributed by atoms with E-state index in [-0.39, 0.29) is 12.4 Å². The van der Waals surface area contributed by atoms with Gasteiger partial charge in [-0.1, -0.05) is 11.6 Å². The number of aromatic nitrogens is 2. The average Bonchev–Trinajstić information content (AvgIpc) is 2.85. The zero-order chi connectivity index (χ0) is 14.7. The van der Waals surface area contributed by atoms with Gasteiger partial charge in [0.2, 0.25) is 0 Å². The van der Waals surface area contributed by atoms with Crippen molar-refractivity contribution in [3.63, 3.8) is 0 Å². The van der Waals surface area contributed by atoms with Crippen LogP contribution in [0.1, 0.15) is 36.5 Å². The number of benzene rings is 1. The highest BCUT2D eigenvalue weighted by Crippen LogP contribution is 2.27. The molecule has 0 unspecified atom stereocenters. The van der Waals surface area contributed by atoms with E-state index in [1.165, 1.54) is 12.4 Å². The molecule has 0 spiro atoms. The molecule has 1 aromatic carbocycles. The third kappa shape index (κ3) is 3.14. The lowest BCUT2D eigenvalue weighted by atomic mass is 10.1. The van der Waals surface area contributed by atoms with Crippen LogP contribution in [0.2, 0.25) is 0 Å². The van der Waals surface area contributed by atoms with Gasteiger partial charge in [0, 0.05) is 18.0 Å². The minimum atomic E-state index is -2.65. The number of aliphatic hydroxyl groups excluding tert-OH is 1. The van der Waals surface area contributed by atoms with Gasteiger partial charge in [0.1, 0.15) is 12.4 Å². The molecule has 2 aromatic rings. The summed E-state index contributed by atoms with van der Waals surface area (Å²) < 4.78 is 31.6. The van der Waals surface area contributed by atoms with E-state index in [4.69, 9.17) is 4.74 Å². The van der Waals surface area contributed by atoms with E-state index in [2.05, 4.69) is 4.98 Å². The molecule has 0 radical (unpaired) electrons. The number of aryl methyl sites for hydroxylation is 1. The molecule has 0 saturated carbocycles. The van der Waals surface area contributed by atoms with Crippen molar-refractivity contribution in [2.75, 3.05) is 0 Å². The Kier molecular flexibility index (Phi) is 4.34. The maximum Gasteiger partial charge on any atom is 0.320 e. The fourth-order valence-electron chi connectivity index (χ4n) is 1.90. The Balaban J connectivity index is 2.17. The quantitative estimate of drug-likeness (QED) is 0.916. The SMILES string of the molecule is Cc1ccc(OCc2nccn2C(F)F)c([C@H](C)O)c1. The number of ether oxygens (including phenoxy) is 1. The first kappa shape index (κ1) is 14.5. The van der Waals surface area contributed by atoms with Crippen LogP contribution < -0.4 is 4.74 Å². The van der Waals surface area contributed by atoms with Crippen LogP contribution in [-0.2, 0) is 6.61 Å². The number of aliphatic hydroxyl groups is 1. The van der Waals surface area contributed by atoms with E-state index >= 15 is 0 Å². The van der Waals surface area contributed by atoms with Gasteiger partial charge in [-0.05, 0) is 26.0 Å². The van der Waals surface area contributed by atoms with Crippen LogP contribution >= 0.6 is 0 Å². The molecule has 0 bridgehead atoms. The number of hydrogen-bond acceptors (Lipinski definition) is 3. The lowest BCUT2D eigenvalue weighted by molar-refractivity contribution is 0.0630. The Hall–Kier alpha value is -1.95. The monoisotopic (exact) mass is 282 g/mol. The first-order valence-corrected chi connectivity index (χ1v) is 6.20. The fourth-order valence-corrected chi connectivity index (χ4v) is 1.90. The van der Waals surface area contributed by atoms with Crippen LogP contribution in [0.5, 0.6) is 5.75 Å². The van der Waals surface area contributed by atoms with Gasteiger partial charge >= 0.3 is 6.55 Å². The lowest BCUT2D eigenvalue weighted by Gasteiger charge is -2.14. The Labute approximate surface area is 115 Å². The highest BCUT2D eigenvalue weighted by atomic mass is 19.3. The minimum absolute atomic E-state index is 0.0832. The molecule has 0 fully saturated rings. The summed E-state index contributed by atoms with van der Waals surface area (Å²) in [7, 11) is 0. The van der Waals surface area contributed by atoms with Crippen molar-refractivity contribution in [3.05, 3.63) is 47.5 Å². The van der Waals surface area contributed by atoms with Crippen molar-refractivity contribution < 1.29 is 18.6 Å². The summed E-state index contributed by atoms with van der Waals surface area (Å²) in [6.07, 6.45) is 1.81. The Bertz CT molecular complexity index is 582. The van der Waals surface area contributed by atoms with Crippen molar-refractivity contribution in [2.45, 2.75) is 33.1 Å². The lowest BCUT2D eigenvalue weighted by Crippen LogP contribution is -2.08. The molecule has 1 atom stereocenters. The Morgan fingerprint density at radius 3 is 2.80 bits per heavy atom. The number of rotatable bonds is 5. The summed E-state index contributed by atoms with van der Waals surface area (Å²) in [6, 6.07) is 5.35. The molecule has 0 aliphatic carbocycles. The molecule has 108 valence electrons. The third-order valence-electron chi connectivity index (χ3n) is 2.93. The second kappa shape index (κ2) is 6.00. The number of halogens is 2. The van der Waals surface area contributed by atoms with Gasteiger partial charge in [0.15, 0.2) is 5.82 Å². The summed E-state index contributed by atoms with van der Waals surface area (Å²) >= 11 is 0. The van der Waals surface area contributed by atoms with Gasteiger partial charge in [-0.2, -0.15) is 8.78 Å². The van der Waals surface area contributed by atoms with Crippen LogP contribution in [0.25, 0.3) is 0 Å². The molecule has 0 aliphatic rings. The van der Waals surface area contributed by atoms with E-state index in [0.717, 1.165) is 10.1 Å². The maximum absolute atomic E-state index is 12.7. The number of imidazole rings is 1. The molecule has 1 N–H and O–H groups in total. The van der Waals surface area contributed by atoms with E-state index in [1.807, 2.05) is 13.0 Å². The van der Waals surface area contributed by atoms with Crippen molar-refractivity contribution in [1.82, 2.24) is 9.55 Å².